The molecule has 28 heavy (non-hydrogen) atoms. The maximum atomic E-state index is 12.6. The summed E-state index contributed by atoms with van der Waals surface area (Å²) in [6.45, 7) is 9.71. The van der Waals surface area contributed by atoms with Crippen LogP contribution >= 0.6 is 11.3 Å². The van der Waals surface area contributed by atoms with E-state index in [0.29, 0.717) is 23.7 Å². The van der Waals surface area contributed by atoms with Gasteiger partial charge in [-0.05, 0) is 45.2 Å². The first-order chi connectivity index (χ1) is 13.3. The summed E-state index contributed by atoms with van der Waals surface area (Å²) < 4.78 is 10.2. The Kier molecular flexibility index (Phi) is 8.44. The molecule has 2 rings (SSSR count). The third kappa shape index (κ3) is 6.04. The number of esters is 2. The highest BCUT2D eigenvalue weighted by Gasteiger charge is 2.28. The SMILES string of the molecule is CCOC(=O)c1cc(C(C)C)sc1NC(=O)CN1CCC[C@H](C(=O)OCC)C1. The molecular formula is C20H30N2O5S. The van der Waals surface area contributed by atoms with Crippen molar-refractivity contribution in [3.05, 3.63) is 16.5 Å². The van der Waals surface area contributed by atoms with Crippen LogP contribution in [0.1, 0.15) is 61.7 Å². The summed E-state index contributed by atoms with van der Waals surface area (Å²) in [5.74, 6) is -0.771. The zero-order valence-corrected chi connectivity index (χ0v) is 17.9. The quantitative estimate of drug-likeness (QED) is 0.662. The molecule has 8 heteroatoms. The number of hydrogen-bond donors (Lipinski definition) is 1. The molecule has 2 heterocycles. The summed E-state index contributed by atoms with van der Waals surface area (Å²) >= 11 is 1.40. The van der Waals surface area contributed by atoms with E-state index >= 15 is 0 Å². The highest BCUT2D eigenvalue weighted by Crippen LogP contribution is 2.33. The van der Waals surface area contributed by atoms with E-state index in [2.05, 4.69) is 5.32 Å². The van der Waals surface area contributed by atoms with Crippen LogP contribution in [-0.2, 0) is 19.1 Å². The summed E-state index contributed by atoms with van der Waals surface area (Å²) in [5, 5.41) is 3.38. The summed E-state index contributed by atoms with van der Waals surface area (Å²) in [5.41, 5.74) is 0.395. The highest BCUT2D eigenvalue weighted by molar-refractivity contribution is 7.16. The first kappa shape index (κ1) is 22.4. The van der Waals surface area contributed by atoms with E-state index in [4.69, 9.17) is 9.47 Å². The number of thiophene rings is 1. The number of carbonyl (C=O) groups excluding carboxylic acids is 3. The fraction of sp³-hybridized carbons (Fsp3) is 0.650. The van der Waals surface area contributed by atoms with Gasteiger partial charge in [0.2, 0.25) is 5.91 Å². The van der Waals surface area contributed by atoms with Crippen LogP contribution < -0.4 is 5.32 Å². The molecule has 0 bridgehead atoms. The number of nitrogens with zero attached hydrogens (tertiary/aromatic N) is 1. The van der Waals surface area contributed by atoms with E-state index in [1.165, 1.54) is 11.3 Å². The summed E-state index contributed by atoms with van der Waals surface area (Å²) in [4.78, 5) is 39.7. The number of carbonyl (C=O) groups is 3. The van der Waals surface area contributed by atoms with Gasteiger partial charge in [0.1, 0.15) is 5.00 Å². The van der Waals surface area contributed by atoms with Crippen molar-refractivity contribution in [1.29, 1.82) is 0 Å². The molecule has 1 fully saturated rings. The van der Waals surface area contributed by atoms with Gasteiger partial charge in [-0.15, -0.1) is 11.3 Å². The van der Waals surface area contributed by atoms with Crippen LogP contribution in [0.3, 0.4) is 0 Å². The van der Waals surface area contributed by atoms with E-state index in [-0.39, 0.29) is 36.9 Å². The lowest BCUT2D eigenvalue weighted by Crippen LogP contribution is -2.43. The Labute approximate surface area is 170 Å². The fourth-order valence-corrected chi connectivity index (χ4v) is 4.23. The summed E-state index contributed by atoms with van der Waals surface area (Å²) in [6.07, 6.45) is 1.63. The third-order valence-corrected chi connectivity index (χ3v) is 5.91. The molecule has 1 aromatic heterocycles. The smallest absolute Gasteiger partial charge is 0.341 e. The molecule has 7 nitrogen and oxygen atoms in total. The van der Waals surface area contributed by atoms with Crippen LogP contribution in [0.5, 0.6) is 0 Å². The van der Waals surface area contributed by atoms with Gasteiger partial charge in [-0.3, -0.25) is 14.5 Å². The first-order valence-corrected chi connectivity index (χ1v) is 10.7. The third-order valence-electron chi connectivity index (χ3n) is 4.56. The molecule has 1 saturated heterocycles. The lowest BCUT2D eigenvalue weighted by molar-refractivity contribution is -0.150. The Balaban J connectivity index is 2.02. The largest absolute Gasteiger partial charge is 0.466 e. The van der Waals surface area contributed by atoms with Crippen LogP contribution in [0.25, 0.3) is 0 Å². The van der Waals surface area contributed by atoms with E-state index in [9.17, 15) is 14.4 Å². The summed E-state index contributed by atoms with van der Waals surface area (Å²) in [6, 6.07) is 1.79. The average molecular weight is 411 g/mol. The number of ether oxygens (including phenoxy) is 2. The van der Waals surface area contributed by atoms with Gasteiger partial charge in [0.25, 0.3) is 0 Å². The predicted molar refractivity (Wildman–Crippen MR) is 109 cm³/mol. The van der Waals surface area contributed by atoms with Crippen LogP contribution in [0.15, 0.2) is 6.07 Å². The molecule has 0 spiro atoms. The van der Waals surface area contributed by atoms with Crippen molar-refractivity contribution in [3.8, 4) is 0 Å². The van der Waals surface area contributed by atoms with Crippen molar-refractivity contribution in [2.75, 3.05) is 38.2 Å². The second kappa shape index (κ2) is 10.6. The predicted octanol–water partition coefficient (Wildman–Crippen LogP) is 3.26. The van der Waals surface area contributed by atoms with Crippen molar-refractivity contribution in [1.82, 2.24) is 4.90 Å². The van der Waals surface area contributed by atoms with Gasteiger partial charge in [-0.1, -0.05) is 13.8 Å². The minimum absolute atomic E-state index is 0.174. The number of anilines is 1. The molecule has 1 aromatic rings. The van der Waals surface area contributed by atoms with Crippen molar-refractivity contribution in [2.45, 2.75) is 46.5 Å². The normalized spacial score (nSPS) is 17.4. The number of rotatable bonds is 8. The Morgan fingerprint density at radius 1 is 1.25 bits per heavy atom. The van der Waals surface area contributed by atoms with Crippen LogP contribution in [0.2, 0.25) is 0 Å². The van der Waals surface area contributed by atoms with E-state index in [1.807, 2.05) is 18.7 Å². The number of hydrogen-bond acceptors (Lipinski definition) is 7. The lowest BCUT2D eigenvalue weighted by Gasteiger charge is -2.30. The van der Waals surface area contributed by atoms with Gasteiger partial charge in [-0.25, -0.2) is 4.79 Å². The zero-order chi connectivity index (χ0) is 20.7. The van der Waals surface area contributed by atoms with E-state index in [1.54, 1.807) is 19.9 Å². The molecule has 0 radical (unpaired) electrons. The van der Waals surface area contributed by atoms with Crippen molar-refractivity contribution >= 4 is 34.2 Å². The van der Waals surface area contributed by atoms with E-state index in [0.717, 1.165) is 24.3 Å². The highest BCUT2D eigenvalue weighted by atomic mass is 32.1. The van der Waals surface area contributed by atoms with Crippen molar-refractivity contribution in [3.63, 3.8) is 0 Å². The fourth-order valence-electron chi connectivity index (χ4n) is 3.17. The molecule has 1 atom stereocenters. The van der Waals surface area contributed by atoms with Crippen LogP contribution in [-0.4, -0.2) is 55.6 Å². The Morgan fingerprint density at radius 2 is 1.96 bits per heavy atom. The number of nitrogens with one attached hydrogen (secondary N) is 1. The number of piperidine rings is 1. The van der Waals surface area contributed by atoms with Crippen molar-refractivity contribution < 1.29 is 23.9 Å². The second-order valence-corrected chi connectivity index (χ2v) is 8.23. The van der Waals surface area contributed by atoms with E-state index < -0.39 is 5.97 Å². The maximum absolute atomic E-state index is 12.6. The minimum Gasteiger partial charge on any atom is -0.466 e. The van der Waals surface area contributed by atoms with Gasteiger partial charge < -0.3 is 14.8 Å². The molecule has 1 N–H and O–H groups in total. The van der Waals surface area contributed by atoms with Crippen molar-refractivity contribution in [2.24, 2.45) is 5.92 Å². The Hall–Kier alpha value is -1.93. The summed E-state index contributed by atoms with van der Waals surface area (Å²) in [7, 11) is 0. The second-order valence-electron chi connectivity index (χ2n) is 7.14. The van der Waals surface area contributed by atoms with Gasteiger partial charge in [0, 0.05) is 11.4 Å². The van der Waals surface area contributed by atoms with Crippen LogP contribution in [0, 0.1) is 5.92 Å². The Morgan fingerprint density at radius 3 is 2.61 bits per heavy atom. The molecule has 0 aromatic carbocycles. The molecule has 0 aliphatic carbocycles. The first-order valence-electron chi connectivity index (χ1n) is 9.85. The number of amides is 1. The molecular weight excluding hydrogens is 380 g/mol. The molecule has 1 amide bonds. The maximum Gasteiger partial charge on any atom is 0.341 e. The standard InChI is InChI=1S/C20H30N2O5S/c1-5-26-19(24)14-8-7-9-22(11-14)12-17(23)21-18-15(20(25)27-6-2)10-16(28-18)13(3)4/h10,13-14H,5-9,11-12H2,1-4H3,(H,21,23)/t14-/m0/s1. The topological polar surface area (TPSA) is 84.9 Å². The lowest BCUT2D eigenvalue weighted by atomic mass is 9.98. The van der Waals surface area contributed by atoms with Gasteiger partial charge in [0.15, 0.2) is 0 Å². The van der Waals surface area contributed by atoms with Gasteiger partial charge in [0.05, 0.1) is 31.2 Å². The van der Waals surface area contributed by atoms with Gasteiger partial charge in [-0.2, -0.15) is 0 Å². The monoisotopic (exact) mass is 410 g/mol. The molecule has 156 valence electrons. The average Bonchev–Trinajstić information content (AvgIpc) is 3.06. The zero-order valence-electron chi connectivity index (χ0n) is 17.1. The Bertz CT molecular complexity index is 701. The minimum atomic E-state index is -0.429. The molecule has 1 aliphatic rings. The molecule has 0 saturated carbocycles. The van der Waals surface area contributed by atoms with Gasteiger partial charge >= 0.3 is 11.9 Å². The molecule has 0 unspecified atom stereocenters. The number of likely N-dealkylation sites (tertiary alicyclic amines) is 1. The molecule has 1 aliphatic heterocycles. The van der Waals surface area contributed by atoms with Crippen LogP contribution in [0.4, 0.5) is 5.00 Å².